The van der Waals surface area contributed by atoms with Crippen LogP contribution in [-0.4, -0.2) is 18.1 Å². The SMILES string of the molecule is CCC(NCC1CCOc2ccccc21)c1nccs1. The van der Waals surface area contributed by atoms with Crippen LogP contribution < -0.4 is 10.1 Å². The fourth-order valence-electron chi connectivity index (χ4n) is 2.73. The van der Waals surface area contributed by atoms with Gasteiger partial charge in [-0.3, -0.25) is 0 Å². The molecule has 0 fully saturated rings. The van der Waals surface area contributed by atoms with Crippen molar-refractivity contribution < 1.29 is 4.74 Å². The largest absolute Gasteiger partial charge is 0.493 e. The van der Waals surface area contributed by atoms with Crippen LogP contribution in [0.1, 0.15) is 42.3 Å². The van der Waals surface area contributed by atoms with Gasteiger partial charge in [0.2, 0.25) is 0 Å². The minimum atomic E-state index is 0.366. The molecule has 2 atom stereocenters. The summed E-state index contributed by atoms with van der Waals surface area (Å²) in [5.41, 5.74) is 1.33. The van der Waals surface area contributed by atoms with E-state index in [0.29, 0.717) is 12.0 Å². The molecule has 2 unspecified atom stereocenters. The highest BCUT2D eigenvalue weighted by Gasteiger charge is 2.22. The van der Waals surface area contributed by atoms with Crippen LogP contribution in [0.4, 0.5) is 0 Å². The normalized spacial score (nSPS) is 19.1. The summed E-state index contributed by atoms with van der Waals surface area (Å²) in [4.78, 5) is 4.43. The fourth-order valence-corrected chi connectivity index (χ4v) is 3.52. The van der Waals surface area contributed by atoms with Crippen molar-refractivity contribution in [3.05, 3.63) is 46.4 Å². The molecule has 2 aromatic rings. The van der Waals surface area contributed by atoms with Crippen LogP contribution in [-0.2, 0) is 0 Å². The molecule has 1 N–H and O–H groups in total. The van der Waals surface area contributed by atoms with E-state index >= 15 is 0 Å². The van der Waals surface area contributed by atoms with Crippen molar-refractivity contribution in [2.75, 3.05) is 13.2 Å². The van der Waals surface area contributed by atoms with Gasteiger partial charge < -0.3 is 10.1 Å². The van der Waals surface area contributed by atoms with Crippen LogP contribution >= 0.6 is 11.3 Å². The number of nitrogens with zero attached hydrogens (tertiary/aromatic N) is 1. The number of hydrogen-bond donors (Lipinski definition) is 1. The summed E-state index contributed by atoms with van der Waals surface area (Å²) in [6.45, 7) is 4.01. The zero-order valence-corrected chi connectivity index (χ0v) is 12.5. The van der Waals surface area contributed by atoms with Crippen molar-refractivity contribution >= 4 is 11.3 Å². The number of ether oxygens (including phenoxy) is 1. The van der Waals surface area contributed by atoms with Crippen LogP contribution in [0.15, 0.2) is 35.8 Å². The Morgan fingerprint density at radius 2 is 2.35 bits per heavy atom. The first kappa shape index (κ1) is 13.6. The first-order valence-electron chi connectivity index (χ1n) is 7.23. The number of aromatic nitrogens is 1. The van der Waals surface area contributed by atoms with Crippen LogP contribution in [0.5, 0.6) is 5.75 Å². The lowest BCUT2D eigenvalue weighted by Gasteiger charge is -2.27. The van der Waals surface area contributed by atoms with Crippen molar-refractivity contribution in [2.45, 2.75) is 31.7 Å². The highest BCUT2D eigenvalue weighted by molar-refractivity contribution is 7.09. The highest BCUT2D eigenvalue weighted by Crippen LogP contribution is 2.33. The van der Waals surface area contributed by atoms with Crippen LogP contribution in [0, 0.1) is 0 Å². The lowest BCUT2D eigenvalue weighted by molar-refractivity contribution is 0.262. The molecule has 0 amide bonds. The maximum absolute atomic E-state index is 5.72. The lowest BCUT2D eigenvalue weighted by Crippen LogP contribution is -2.29. The molecule has 106 valence electrons. The van der Waals surface area contributed by atoms with Gasteiger partial charge in [-0.15, -0.1) is 11.3 Å². The van der Waals surface area contributed by atoms with Crippen molar-refractivity contribution in [2.24, 2.45) is 0 Å². The number of rotatable bonds is 5. The third-order valence-electron chi connectivity index (χ3n) is 3.85. The molecule has 0 saturated heterocycles. The van der Waals surface area contributed by atoms with Gasteiger partial charge in [0.05, 0.1) is 12.6 Å². The Labute approximate surface area is 124 Å². The van der Waals surface area contributed by atoms with Gasteiger partial charge in [-0.25, -0.2) is 4.98 Å². The van der Waals surface area contributed by atoms with E-state index in [4.69, 9.17) is 4.74 Å². The number of nitrogens with one attached hydrogen (secondary N) is 1. The van der Waals surface area contributed by atoms with Gasteiger partial charge in [0.25, 0.3) is 0 Å². The van der Waals surface area contributed by atoms with Gasteiger partial charge in [0.15, 0.2) is 0 Å². The van der Waals surface area contributed by atoms with Gasteiger partial charge in [-0.2, -0.15) is 0 Å². The Bertz CT molecular complexity index is 541. The third-order valence-corrected chi connectivity index (χ3v) is 4.74. The summed E-state index contributed by atoms with van der Waals surface area (Å²) >= 11 is 1.73. The summed E-state index contributed by atoms with van der Waals surface area (Å²) in [6.07, 6.45) is 4.03. The zero-order valence-electron chi connectivity index (χ0n) is 11.7. The zero-order chi connectivity index (χ0) is 13.8. The van der Waals surface area contributed by atoms with Crippen molar-refractivity contribution in [1.29, 1.82) is 0 Å². The molecule has 0 aliphatic carbocycles. The molecule has 1 aliphatic rings. The maximum Gasteiger partial charge on any atom is 0.122 e. The second-order valence-electron chi connectivity index (χ2n) is 5.11. The first-order valence-corrected chi connectivity index (χ1v) is 8.11. The van der Waals surface area contributed by atoms with E-state index in [0.717, 1.165) is 31.7 Å². The molecular weight excluding hydrogens is 268 g/mol. The summed E-state index contributed by atoms with van der Waals surface area (Å²) in [5.74, 6) is 1.59. The minimum Gasteiger partial charge on any atom is -0.493 e. The molecule has 2 heterocycles. The first-order chi connectivity index (χ1) is 9.88. The average molecular weight is 288 g/mol. The Morgan fingerprint density at radius 1 is 1.45 bits per heavy atom. The van der Waals surface area contributed by atoms with Crippen molar-refractivity contribution in [3.63, 3.8) is 0 Å². The molecular formula is C16H20N2OS. The number of fused-ring (bicyclic) bond motifs is 1. The lowest BCUT2D eigenvalue weighted by atomic mass is 9.93. The monoisotopic (exact) mass is 288 g/mol. The molecule has 1 aromatic heterocycles. The third kappa shape index (κ3) is 2.86. The highest BCUT2D eigenvalue weighted by atomic mass is 32.1. The van der Waals surface area contributed by atoms with Gasteiger partial charge in [0.1, 0.15) is 10.8 Å². The Hall–Kier alpha value is -1.39. The smallest absolute Gasteiger partial charge is 0.122 e. The fraction of sp³-hybridized carbons (Fsp3) is 0.438. The molecule has 0 spiro atoms. The quantitative estimate of drug-likeness (QED) is 0.910. The molecule has 1 aromatic carbocycles. The number of para-hydroxylation sites is 1. The molecule has 0 bridgehead atoms. The van der Waals surface area contributed by atoms with E-state index in [-0.39, 0.29) is 0 Å². The van der Waals surface area contributed by atoms with E-state index in [1.54, 1.807) is 11.3 Å². The summed E-state index contributed by atoms with van der Waals surface area (Å²) in [6, 6.07) is 8.76. The standard InChI is InChI=1S/C16H20N2OS/c1-2-14(16-17-8-10-20-16)18-11-12-7-9-19-15-6-4-3-5-13(12)15/h3-6,8,10,12,14,18H,2,7,9,11H2,1H3. The topological polar surface area (TPSA) is 34.1 Å². The van der Waals surface area contributed by atoms with Gasteiger partial charge >= 0.3 is 0 Å². The molecule has 0 radical (unpaired) electrons. The van der Waals surface area contributed by atoms with Crippen molar-refractivity contribution in [3.8, 4) is 5.75 Å². The Balaban J connectivity index is 1.67. The Kier molecular flexibility index (Phi) is 4.33. The van der Waals surface area contributed by atoms with Gasteiger partial charge in [0, 0.05) is 24.0 Å². The number of benzene rings is 1. The molecule has 3 rings (SSSR count). The summed E-state index contributed by atoms with van der Waals surface area (Å²) in [7, 11) is 0. The average Bonchev–Trinajstić information content (AvgIpc) is 3.02. The predicted molar refractivity (Wildman–Crippen MR) is 82.4 cm³/mol. The van der Waals surface area contributed by atoms with E-state index in [1.807, 2.05) is 17.6 Å². The van der Waals surface area contributed by atoms with Crippen LogP contribution in [0.25, 0.3) is 0 Å². The van der Waals surface area contributed by atoms with E-state index in [9.17, 15) is 0 Å². The summed E-state index contributed by atoms with van der Waals surface area (Å²) in [5, 5.41) is 6.91. The number of hydrogen-bond acceptors (Lipinski definition) is 4. The second-order valence-corrected chi connectivity index (χ2v) is 6.04. The van der Waals surface area contributed by atoms with E-state index in [1.165, 1.54) is 10.6 Å². The van der Waals surface area contributed by atoms with Crippen LogP contribution in [0.3, 0.4) is 0 Å². The minimum absolute atomic E-state index is 0.366. The predicted octanol–water partition coefficient (Wildman–Crippen LogP) is 3.75. The molecule has 20 heavy (non-hydrogen) atoms. The molecule has 3 nitrogen and oxygen atoms in total. The van der Waals surface area contributed by atoms with E-state index < -0.39 is 0 Å². The second kappa shape index (κ2) is 6.37. The molecule has 0 saturated carbocycles. The molecule has 1 aliphatic heterocycles. The number of thiazole rings is 1. The maximum atomic E-state index is 5.72. The van der Waals surface area contributed by atoms with Gasteiger partial charge in [-0.05, 0) is 24.5 Å². The van der Waals surface area contributed by atoms with E-state index in [2.05, 4.69) is 35.4 Å². The molecule has 4 heteroatoms. The van der Waals surface area contributed by atoms with Crippen molar-refractivity contribution in [1.82, 2.24) is 10.3 Å². The van der Waals surface area contributed by atoms with Gasteiger partial charge in [-0.1, -0.05) is 25.1 Å². The van der Waals surface area contributed by atoms with Crippen LogP contribution in [0.2, 0.25) is 0 Å². The Morgan fingerprint density at radius 3 is 3.15 bits per heavy atom. The summed E-state index contributed by atoms with van der Waals surface area (Å²) < 4.78 is 5.72.